The van der Waals surface area contributed by atoms with E-state index in [2.05, 4.69) is 5.32 Å². The lowest BCUT2D eigenvalue weighted by Gasteiger charge is -2.12. The van der Waals surface area contributed by atoms with Gasteiger partial charge in [-0.1, -0.05) is 0 Å². The van der Waals surface area contributed by atoms with Crippen molar-refractivity contribution in [3.8, 4) is 17.2 Å². The molecule has 0 saturated carbocycles. The van der Waals surface area contributed by atoms with Gasteiger partial charge >= 0.3 is 6.18 Å². The Kier molecular flexibility index (Phi) is 4.94. The Morgan fingerprint density at radius 2 is 1.50 bits per heavy atom. The van der Waals surface area contributed by atoms with Crippen LogP contribution in [-0.2, 0) is 6.18 Å². The maximum absolute atomic E-state index is 12.5. The van der Waals surface area contributed by atoms with Crippen molar-refractivity contribution < 1.29 is 22.6 Å². The summed E-state index contributed by atoms with van der Waals surface area (Å²) in [5.74, 6) is 1.60. The Hall–Kier alpha value is -2.21. The predicted octanol–water partition coefficient (Wildman–Crippen LogP) is 4.64. The van der Waals surface area contributed by atoms with Gasteiger partial charge < -0.3 is 9.47 Å². The normalized spacial score (nSPS) is 17.7. The van der Waals surface area contributed by atoms with Crippen molar-refractivity contribution in [3.63, 3.8) is 0 Å². The molecule has 0 amide bonds. The number of halogens is 3. The average molecular weight is 336 g/mol. The molecule has 1 aliphatic rings. The highest BCUT2D eigenvalue weighted by atomic mass is 19.4. The number of hydrogen-bond acceptors (Lipinski definition) is 2. The summed E-state index contributed by atoms with van der Waals surface area (Å²) >= 11 is 0. The SMILES string of the molecule is FC(F)(F)c1ccc(Oc2ccc(OCC3CCC[N]3)cc2)cc1. The molecule has 1 fully saturated rings. The molecule has 0 spiro atoms. The lowest BCUT2D eigenvalue weighted by Crippen LogP contribution is -2.22. The molecule has 1 heterocycles. The summed E-state index contributed by atoms with van der Waals surface area (Å²) in [7, 11) is 0. The molecule has 1 aliphatic heterocycles. The molecule has 0 aliphatic carbocycles. The van der Waals surface area contributed by atoms with Gasteiger partial charge in [0.15, 0.2) is 0 Å². The highest BCUT2D eigenvalue weighted by molar-refractivity contribution is 5.36. The van der Waals surface area contributed by atoms with E-state index in [1.807, 2.05) is 0 Å². The molecule has 1 unspecified atom stereocenters. The second kappa shape index (κ2) is 7.13. The summed E-state index contributed by atoms with van der Waals surface area (Å²) in [4.78, 5) is 0. The minimum absolute atomic E-state index is 0.271. The molecule has 6 heteroatoms. The van der Waals surface area contributed by atoms with E-state index in [0.29, 0.717) is 18.1 Å². The summed E-state index contributed by atoms with van der Waals surface area (Å²) in [6.45, 7) is 1.48. The van der Waals surface area contributed by atoms with E-state index in [1.54, 1.807) is 24.3 Å². The van der Waals surface area contributed by atoms with Crippen molar-refractivity contribution in [2.24, 2.45) is 0 Å². The number of nitrogens with zero attached hydrogens (tertiary/aromatic N) is 1. The van der Waals surface area contributed by atoms with Crippen molar-refractivity contribution >= 4 is 0 Å². The van der Waals surface area contributed by atoms with Crippen molar-refractivity contribution in [2.75, 3.05) is 13.2 Å². The molecule has 2 aromatic rings. The van der Waals surface area contributed by atoms with Gasteiger partial charge in [0.2, 0.25) is 0 Å². The first-order valence-corrected chi connectivity index (χ1v) is 7.75. The molecule has 0 bridgehead atoms. The van der Waals surface area contributed by atoms with Gasteiger partial charge in [-0.2, -0.15) is 13.2 Å². The Bertz CT molecular complexity index is 647. The molecule has 1 saturated heterocycles. The monoisotopic (exact) mass is 336 g/mol. The zero-order chi connectivity index (χ0) is 17.0. The molecule has 3 nitrogen and oxygen atoms in total. The lowest BCUT2D eigenvalue weighted by atomic mass is 10.2. The first-order valence-electron chi connectivity index (χ1n) is 7.75. The van der Waals surface area contributed by atoms with Crippen LogP contribution in [0.5, 0.6) is 17.2 Å². The first-order chi connectivity index (χ1) is 11.5. The fraction of sp³-hybridized carbons (Fsp3) is 0.333. The zero-order valence-corrected chi connectivity index (χ0v) is 12.9. The summed E-state index contributed by atoms with van der Waals surface area (Å²) in [5, 5.41) is 4.42. The number of benzene rings is 2. The van der Waals surface area contributed by atoms with E-state index in [1.165, 1.54) is 12.1 Å². The van der Waals surface area contributed by atoms with Gasteiger partial charge in [-0.25, -0.2) is 5.32 Å². The molecule has 3 rings (SSSR count). The van der Waals surface area contributed by atoms with Crippen molar-refractivity contribution in [2.45, 2.75) is 25.1 Å². The smallest absolute Gasteiger partial charge is 0.416 e. The second-order valence-corrected chi connectivity index (χ2v) is 5.61. The van der Waals surface area contributed by atoms with Crippen LogP contribution in [0.25, 0.3) is 0 Å². The van der Waals surface area contributed by atoms with Crippen LogP contribution in [0, 0.1) is 0 Å². The fourth-order valence-corrected chi connectivity index (χ4v) is 2.47. The Morgan fingerprint density at radius 3 is 2.04 bits per heavy atom. The van der Waals surface area contributed by atoms with E-state index < -0.39 is 11.7 Å². The Labute approximate surface area is 138 Å². The van der Waals surface area contributed by atoms with Crippen LogP contribution >= 0.6 is 0 Å². The van der Waals surface area contributed by atoms with E-state index in [0.717, 1.165) is 37.3 Å². The van der Waals surface area contributed by atoms with Crippen molar-refractivity contribution in [3.05, 3.63) is 54.1 Å². The van der Waals surface area contributed by atoms with Crippen LogP contribution in [0.3, 0.4) is 0 Å². The van der Waals surface area contributed by atoms with Gasteiger partial charge in [-0.15, -0.1) is 0 Å². The Balaban J connectivity index is 1.55. The van der Waals surface area contributed by atoms with Crippen molar-refractivity contribution in [1.82, 2.24) is 5.32 Å². The highest BCUT2D eigenvalue weighted by Crippen LogP contribution is 2.31. The third-order valence-corrected chi connectivity index (χ3v) is 3.77. The summed E-state index contributed by atoms with van der Waals surface area (Å²) in [6, 6.07) is 11.9. The lowest BCUT2D eigenvalue weighted by molar-refractivity contribution is -0.137. The third-order valence-electron chi connectivity index (χ3n) is 3.77. The first kappa shape index (κ1) is 16.6. The molecule has 24 heavy (non-hydrogen) atoms. The molecule has 0 N–H and O–H groups in total. The van der Waals surface area contributed by atoms with E-state index in [4.69, 9.17) is 9.47 Å². The summed E-state index contributed by atoms with van der Waals surface area (Å²) < 4.78 is 48.8. The Morgan fingerprint density at radius 1 is 0.917 bits per heavy atom. The van der Waals surface area contributed by atoms with Crippen LogP contribution in [0.15, 0.2) is 48.5 Å². The topological polar surface area (TPSA) is 32.6 Å². The predicted molar refractivity (Wildman–Crippen MR) is 83.5 cm³/mol. The number of hydrogen-bond donors (Lipinski definition) is 0. The minimum atomic E-state index is -4.34. The summed E-state index contributed by atoms with van der Waals surface area (Å²) in [6.07, 6.45) is -2.16. The van der Waals surface area contributed by atoms with E-state index >= 15 is 0 Å². The maximum Gasteiger partial charge on any atom is 0.416 e. The molecular weight excluding hydrogens is 319 g/mol. The molecule has 127 valence electrons. The average Bonchev–Trinajstić information content (AvgIpc) is 3.07. The molecule has 0 aromatic heterocycles. The summed E-state index contributed by atoms with van der Waals surface area (Å²) in [5.41, 5.74) is -0.698. The molecule has 2 aromatic carbocycles. The number of rotatable bonds is 5. The van der Waals surface area contributed by atoms with Gasteiger partial charge in [0.05, 0.1) is 11.6 Å². The minimum Gasteiger partial charge on any atom is -0.492 e. The molecular formula is C18H17F3NO2. The number of ether oxygens (including phenoxy) is 2. The quantitative estimate of drug-likeness (QED) is 0.796. The van der Waals surface area contributed by atoms with Crippen LogP contribution < -0.4 is 14.8 Å². The standard InChI is InChI=1S/C18H17F3NO2/c19-18(20,21)13-3-5-16(6-4-13)24-17-9-7-15(8-10-17)23-12-14-2-1-11-22-14/h3-10,14H,1-2,11-12H2. The molecule has 1 radical (unpaired) electrons. The highest BCUT2D eigenvalue weighted by Gasteiger charge is 2.30. The van der Waals surface area contributed by atoms with E-state index in [-0.39, 0.29) is 6.04 Å². The fourth-order valence-electron chi connectivity index (χ4n) is 2.47. The van der Waals surface area contributed by atoms with Gasteiger partial charge in [-0.3, -0.25) is 0 Å². The van der Waals surface area contributed by atoms with Gasteiger partial charge in [0.25, 0.3) is 0 Å². The third kappa shape index (κ3) is 4.41. The zero-order valence-electron chi connectivity index (χ0n) is 12.9. The van der Waals surface area contributed by atoms with Crippen LogP contribution in [0.2, 0.25) is 0 Å². The largest absolute Gasteiger partial charge is 0.492 e. The van der Waals surface area contributed by atoms with Gasteiger partial charge in [-0.05, 0) is 61.4 Å². The second-order valence-electron chi connectivity index (χ2n) is 5.61. The van der Waals surface area contributed by atoms with Crippen molar-refractivity contribution in [1.29, 1.82) is 0 Å². The number of alkyl halides is 3. The van der Waals surface area contributed by atoms with Gasteiger partial charge in [0, 0.05) is 6.54 Å². The molecule has 1 atom stereocenters. The van der Waals surface area contributed by atoms with Crippen LogP contribution in [0.1, 0.15) is 18.4 Å². The maximum atomic E-state index is 12.5. The van der Waals surface area contributed by atoms with Crippen LogP contribution in [0.4, 0.5) is 13.2 Å². The van der Waals surface area contributed by atoms with Gasteiger partial charge in [0.1, 0.15) is 23.9 Å². The van der Waals surface area contributed by atoms with E-state index in [9.17, 15) is 13.2 Å². The van der Waals surface area contributed by atoms with Crippen LogP contribution in [-0.4, -0.2) is 19.2 Å².